The molecule has 8 heteroatoms. The maximum atomic E-state index is 13.1. The summed E-state index contributed by atoms with van der Waals surface area (Å²) in [6.45, 7) is 4.86. The molecular formula is C16H21FN6O. The summed E-state index contributed by atoms with van der Waals surface area (Å²) in [6.07, 6.45) is 0.428. The molecule has 1 unspecified atom stereocenters. The van der Waals surface area contributed by atoms with Gasteiger partial charge < -0.3 is 9.80 Å². The molecule has 0 bridgehead atoms. The second-order valence-corrected chi connectivity index (χ2v) is 6.15. The van der Waals surface area contributed by atoms with Crippen LogP contribution in [0.3, 0.4) is 0 Å². The van der Waals surface area contributed by atoms with Gasteiger partial charge in [0.1, 0.15) is 17.7 Å². The second-order valence-electron chi connectivity index (χ2n) is 6.15. The van der Waals surface area contributed by atoms with Crippen LogP contribution in [0.15, 0.2) is 24.3 Å². The molecule has 128 valence electrons. The number of carbonyl (C=O) groups is 1. The van der Waals surface area contributed by atoms with Crippen LogP contribution in [-0.4, -0.2) is 69.1 Å². The molecule has 1 aromatic carbocycles. The van der Waals surface area contributed by atoms with Crippen molar-refractivity contribution in [2.24, 2.45) is 0 Å². The zero-order valence-electron chi connectivity index (χ0n) is 13.9. The van der Waals surface area contributed by atoms with Crippen LogP contribution in [0.25, 0.3) is 0 Å². The average Bonchev–Trinajstić information content (AvgIpc) is 3.00. The molecule has 3 rings (SSSR count). The molecule has 1 aromatic heterocycles. The number of halogens is 1. The third kappa shape index (κ3) is 3.59. The fourth-order valence-corrected chi connectivity index (χ4v) is 2.89. The molecule has 2 heterocycles. The van der Waals surface area contributed by atoms with Crippen molar-refractivity contribution in [2.45, 2.75) is 19.4 Å². The van der Waals surface area contributed by atoms with Crippen molar-refractivity contribution in [1.29, 1.82) is 0 Å². The molecule has 0 saturated carbocycles. The third-order valence-electron chi connectivity index (χ3n) is 4.39. The van der Waals surface area contributed by atoms with Crippen molar-refractivity contribution >= 4 is 5.91 Å². The molecule has 2 aromatic rings. The molecule has 1 aliphatic rings. The highest BCUT2D eigenvalue weighted by Crippen LogP contribution is 2.19. The summed E-state index contributed by atoms with van der Waals surface area (Å²) < 4.78 is 14.7. The van der Waals surface area contributed by atoms with E-state index in [0.717, 1.165) is 18.7 Å². The predicted molar refractivity (Wildman–Crippen MR) is 85.8 cm³/mol. The monoisotopic (exact) mass is 332 g/mol. The Morgan fingerprint density at radius 3 is 2.46 bits per heavy atom. The molecule has 24 heavy (non-hydrogen) atoms. The van der Waals surface area contributed by atoms with Crippen molar-refractivity contribution < 1.29 is 9.18 Å². The molecule has 1 atom stereocenters. The van der Waals surface area contributed by atoms with Gasteiger partial charge in [0, 0.05) is 32.6 Å². The van der Waals surface area contributed by atoms with Crippen LogP contribution in [0, 0.1) is 12.7 Å². The van der Waals surface area contributed by atoms with Gasteiger partial charge in [-0.1, -0.05) is 12.1 Å². The highest BCUT2D eigenvalue weighted by atomic mass is 19.1. The number of aryl methyl sites for hydroxylation is 1. The van der Waals surface area contributed by atoms with E-state index in [1.54, 1.807) is 23.7 Å². The molecule has 1 fully saturated rings. The van der Waals surface area contributed by atoms with Crippen molar-refractivity contribution in [1.82, 2.24) is 30.0 Å². The molecule has 0 radical (unpaired) electrons. The number of benzene rings is 1. The van der Waals surface area contributed by atoms with E-state index in [4.69, 9.17) is 0 Å². The maximum absolute atomic E-state index is 13.1. The van der Waals surface area contributed by atoms with Gasteiger partial charge in [-0.2, -0.15) is 0 Å². The summed E-state index contributed by atoms with van der Waals surface area (Å²) in [7, 11) is 2.04. The number of carbonyl (C=O) groups excluding carboxylic acids is 1. The van der Waals surface area contributed by atoms with E-state index >= 15 is 0 Å². The van der Waals surface area contributed by atoms with Crippen LogP contribution in [-0.2, 0) is 11.2 Å². The quantitative estimate of drug-likeness (QED) is 0.824. The number of nitrogens with zero attached hydrogens (tertiary/aromatic N) is 6. The molecule has 0 aliphatic carbocycles. The number of likely N-dealkylation sites (N-methyl/N-ethyl adjacent to an activating group) is 1. The van der Waals surface area contributed by atoms with E-state index in [0.29, 0.717) is 25.3 Å². The standard InChI is InChI=1S/C16H21FN6O/c1-12-18-19-20-23(12)15(11-13-3-5-14(17)6-4-13)16(24)22-9-7-21(2)8-10-22/h3-6,15H,7-11H2,1-2H3. The van der Waals surface area contributed by atoms with Gasteiger partial charge in [-0.15, -0.1) is 5.10 Å². The zero-order chi connectivity index (χ0) is 17.1. The van der Waals surface area contributed by atoms with Crippen molar-refractivity contribution in [2.75, 3.05) is 33.2 Å². The van der Waals surface area contributed by atoms with Gasteiger partial charge in [0.25, 0.3) is 0 Å². The van der Waals surface area contributed by atoms with Crippen LogP contribution in [0.1, 0.15) is 17.4 Å². The Balaban J connectivity index is 1.83. The van der Waals surface area contributed by atoms with Crippen LogP contribution < -0.4 is 0 Å². The second kappa shape index (κ2) is 7.04. The Morgan fingerprint density at radius 2 is 1.88 bits per heavy atom. The van der Waals surface area contributed by atoms with Crippen molar-refractivity contribution in [3.05, 3.63) is 41.5 Å². The van der Waals surface area contributed by atoms with Gasteiger partial charge in [0.2, 0.25) is 5.91 Å². The van der Waals surface area contributed by atoms with E-state index in [-0.39, 0.29) is 11.7 Å². The predicted octanol–water partition coefficient (Wildman–Crippen LogP) is 0.678. The lowest BCUT2D eigenvalue weighted by molar-refractivity contribution is -0.136. The molecular weight excluding hydrogens is 311 g/mol. The van der Waals surface area contributed by atoms with Crippen LogP contribution in [0.5, 0.6) is 0 Å². The van der Waals surface area contributed by atoms with Gasteiger partial charge >= 0.3 is 0 Å². The summed E-state index contributed by atoms with van der Waals surface area (Å²) in [5, 5.41) is 11.5. The molecule has 0 spiro atoms. The van der Waals surface area contributed by atoms with E-state index < -0.39 is 6.04 Å². The first-order chi connectivity index (χ1) is 11.5. The number of hydrogen-bond donors (Lipinski definition) is 0. The highest BCUT2D eigenvalue weighted by molar-refractivity contribution is 5.81. The van der Waals surface area contributed by atoms with E-state index in [1.807, 2.05) is 11.9 Å². The number of tetrazole rings is 1. The Bertz CT molecular complexity index is 693. The zero-order valence-corrected chi connectivity index (χ0v) is 13.9. The van der Waals surface area contributed by atoms with Crippen LogP contribution >= 0.6 is 0 Å². The first kappa shape index (κ1) is 16.5. The third-order valence-corrected chi connectivity index (χ3v) is 4.39. The Morgan fingerprint density at radius 1 is 1.21 bits per heavy atom. The van der Waals surface area contributed by atoms with Gasteiger partial charge in [0.05, 0.1) is 0 Å². The Hall–Kier alpha value is -2.35. The lowest BCUT2D eigenvalue weighted by Gasteiger charge is -2.34. The van der Waals surface area contributed by atoms with Gasteiger partial charge in [-0.25, -0.2) is 9.07 Å². The number of amides is 1. The van der Waals surface area contributed by atoms with Gasteiger partial charge in [0.15, 0.2) is 0 Å². The Kier molecular flexibility index (Phi) is 4.84. The summed E-state index contributed by atoms with van der Waals surface area (Å²) in [5.74, 6) is 0.298. The number of aromatic nitrogens is 4. The Labute approximate surface area is 140 Å². The minimum atomic E-state index is -0.520. The topological polar surface area (TPSA) is 67.2 Å². The fourth-order valence-electron chi connectivity index (χ4n) is 2.89. The largest absolute Gasteiger partial charge is 0.338 e. The highest BCUT2D eigenvalue weighted by Gasteiger charge is 2.30. The smallest absolute Gasteiger partial charge is 0.248 e. The first-order valence-electron chi connectivity index (χ1n) is 8.01. The summed E-state index contributed by atoms with van der Waals surface area (Å²) in [4.78, 5) is 17.1. The maximum Gasteiger partial charge on any atom is 0.248 e. The van der Waals surface area contributed by atoms with E-state index in [2.05, 4.69) is 20.4 Å². The van der Waals surface area contributed by atoms with Crippen molar-refractivity contribution in [3.63, 3.8) is 0 Å². The molecule has 1 aliphatic heterocycles. The van der Waals surface area contributed by atoms with Crippen LogP contribution in [0.2, 0.25) is 0 Å². The molecule has 1 amide bonds. The minimum Gasteiger partial charge on any atom is -0.338 e. The summed E-state index contributed by atoms with van der Waals surface area (Å²) in [6, 6.07) is 5.67. The molecule has 1 saturated heterocycles. The summed E-state index contributed by atoms with van der Waals surface area (Å²) in [5.41, 5.74) is 0.874. The minimum absolute atomic E-state index is 0.00262. The van der Waals surface area contributed by atoms with E-state index in [9.17, 15) is 9.18 Å². The number of piperazine rings is 1. The van der Waals surface area contributed by atoms with Gasteiger partial charge in [-0.05, 0) is 42.1 Å². The normalized spacial score (nSPS) is 17.0. The van der Waals surface area contributed by atoms with E-state index in [1.165, 1.54) is 12.1 Å². The number of rotatable bonds is 4. The number of hydrogen-bond acceptors (Lipinski definition) is 5. The lowest BCUT2D eigenvalue weighted by Crippen LogP contribution is -2.49. The lowest BCUT2D eigenvalue weighted by atomic mass is 10.0. The molecule has 0 N–H and O–H groups in total. The fraction of sp³-hybridized carbons (Fsp3) is 0.500. The average molecular weight is 332 g/mol. The first-order valence-corrected chi connectivity index (χ1v) is 8.01. The van der Waals surface area contributed by atoms with Crippen molar-refractivity contribution in [3.8, 4) is 0 Å². The summed E-state index contributed by atoms with van der Waals surface area (Å²) >= 11 is 0. The SMILES string of the molecule is Cc1nnnn1C(Cc1ccc(F)cc1)C(=O)N1CCN(C)CC1. The van der Waals surface area contributed by atoms with Gasteiger partial charge in [-0.3, -0.25) is 4.79 Å². The molecule has 7 nitrogen and oxygen atoms in total. The van der Waals surface area contributed by atoms with Crippen LogP contribution in [0.4, 0.5) is 4.39 Å².